The summed E-state index contributed by atoms with van der Waals surface area (Å²) in [6.45, 7) is 0.703. The van der Waals surface area contributed by atoms with Crippen LogP contribution in [0.1, 0.15) is 24.3 Å². The number of amides is 1. The Balaban J connectivity index is 2.18. The third-order valence-corrected chi connectivity index (χ3v) is 3.14. The second-order valence-electron chi connectivity index (χ2n) is 4.15. The van der Waals surface area contributed by atoms with Crippen molar-refractivity contribution in [2.75, 3.05) is 20.8 Å². The zero-order valence-corrected chi connectivity index (χ0v) is 10.2. The lowest BCUT2D eigenvalue weighted by Crippen LogP contribution is -2.33. The van der Waals surface area contributed by atoms with Crippen LogP contribution in [0.4, 0.5) is 0 Å². The third-order valence-electron chi connectivity index (χ3n) is 3.14. The number of benzene rings is 1. The Kier molecular flexibility index (Phi) is 3.52. The van der Waals surface area contributed by atoms with E-state index in [2.05, 4.69) is 5.32 Å². The number of carbonyl (C=O) groups is 1. The first-order valence-corrected chi connectivity index (χ1v) is 5.73. The molecule has 92 valence electrons. The van der Waals surface area contributed by atoms with Crippen LogP contribution in [0.5, 0.6) is 11.5 Å². The second-order valence-corrected chi connectivity index (χ2v) is 4.15. The van der Waals surface area contributed by atoms with Crippen molar-refractivity contribution in [1.29, 1.82) is 0 Å². The highest BCUT2D eigenvalue weighted by atomic mass is 16.5. The van der Waals surface area contributed by atoms with E-state index >= 15 is 0 Å². The van der Waals surface area contributed by atoms with Crippen molar-refractivity contribution >= 4 is 5.91 Å². The predicted octanol–water partition coefficient (Wildman–Crippen LogP) is 1.70. The summed E-state index contributed by atoms with van der Waals surface area (Å²) in [5.41, 5.74) is 1.18. The van der Waals surface area contributed by atoms with Gasteiger partial charge in [-0.15, -0.1) is 0 Å². The van der Waals surface area contributed by atoms with Crippen molar-refractivity contribution in [3.8, 4) is 11.5 Å². The van der Waals surface area contributed by atoms with E-state index < -0.39 is 0 Å². The maximum Gasteiger partial charge on any atom is 0.220 e. The van der Waals surface area contributed by atoms with E-state index in [0.29, 0.717) is 18.9 Å². The molecule has 1 N–H and O–H groups in total. The van der Waals surface area contributed by atoms with Gasteiger partial charge in [0.2, 0.25) is 5.91 Å². The fourth-order valence-electron chi connectivity index (χ4n) is 2.12. The third kappa shape index (κ3) is 2.52. The number of rotatable bonds is 3. The van der Waals surface area contributed by atoms with E-state index in [9.17, 15) is 4.79 Å². The van der Waals surface area contributed by atoms with Crippen LogP contribution in [0.25, 0.3) is 0 Å². The molecule has 1 aliphatic rings. The van der Waals surface area contributed by atoms with Gasteiger partial charge in [0.15, 0.2) is 11.5 Å². The molecule has 0 radical (unpaired) electrons. The summed E-state index contributed by atoms with van der Waals surface area (Å²) < 4.78 is 10.5. The molecule has 1 aromatic rings. The zero-order valence-electron chi connectivity index (χ0n) is 10.2. The van der Waals surface area contributed by atoms with Crippen LogP contribution in [0.2, 0.25) is 0 Å². The minimum atomic E-state index is 0.140. The summed E-state index contributed by atoms with van der Waals surface area (Å²) in [4.78, 5) is 11.1. The number of methoxy groups -OCH3 is 2. The standard InChI is InChI=1S/C13H17NO3/c1-16-11-5-3-9(7-12(11)17-2)10-4-6-13(15)14-8-10/h3,5,7,10H,4,6,8H2,1-2H3,(H,14,15). The molecule has 4 heteroatoms. The number of hydrogen-bond acceptors (Lipinski definition) is 3. The summed E-state index contributed by atoms with van der Waals surface area (Å²) in [6.07, 6.45) is 1.49. The molecule has 0 spiro atoms. The quantitative estimate of drug-likeness (QED) is 0.867. The molecule has 1 heterocycles. The molecule has 0 saturated carbocycles. The highest BCUT2D eigenvalue weighted by Crippen LogP contribution is 2.32. The Morgan fingerprint density at radius 1 is 1.24 bits per heavy atom. The molecule has 1 amide bonds. The summed E-state index contributed by atoms with van der Waals surface area (Å²) in [6, 6.07) is 5.93. The van der Waals surface area contributed by atoms with Gasteiger partial charge >= 0.3 is 0 Å². The second kappa shape index (κ2) is 5.08. The zero-order chi connectivity index (χ0) is 12.3. The molecule has 1 unspecified atom stereocenters. The normalized spacial score (nSPS) is 19.6. The molecule has 2 rings (SSSR count). The van der Waals surface area contributed by atoms with E-state index in [0.717, 1.165) is 17.9 Å². The summed E-state index contributed by atoms with van der Waals surface area (Å²) >= 11 is 0. The van der Waals surface area contributed by atoms with E-state index in [1.807, 2.05) is 18.2 Å². The molecule has 17 heavy (non-hydrogen) atoms. The lowest BCUT2D eigenvalue weighted by Gasteiger charge is -2.23. The Morgan fingerprint density at radius 3 is 2.59 bits per heavy atom. The largest absolute Gasteiger partial charge is 0.493 e. The van der Waals surface area contributed by atoms with Gasteiger partial charge < -0.3 is 14.8 Å². The lowest BCUT2D eigenvalue weighted by atomic mass is 9.91. The first-order chi connectivity index (χ1) is 8.24. The average Bonchev–Trinajstić information content (AvgIpc) is 2.39. The Bertz CT molecular complexity index is 407. The Labute approximate surface area is 101 Å². The van der Waals surface area contributed by atoms with Gasteiger partial charge in [-0.05, 0) is 24.1 Å². The fourth-order valence-corrected chi connectivity index (χ4v) is 2.12. The molecule has 4 nitrogen and oxygen atoms in total. The topological polar surface area (TPSA) is 47.6 Å². The fraction of sp³-hybridized carbons (Fsp3) is 0.462. The molecule has 0 bridgehead atoms. The van der Waals surface area contributed by atoms with Gasteiger partial charge in [-0.2, -0.15) is 0 Å². The minimum Gasteiger partial charge on any atom is -0.493 e. The van der Waals surface area contributed by atoms with Crippen molar-refractivity contribution in [1.82, 2.24) is 5.32 Å². The van der Waals surface area contributed by atoms with E-state index in [4.69, 9.17) is 9.47 Å². The van der Waals surface area contributed by atoms with Gasteiger partial charge in [0.05, 0.1) is 14.2 Å². The molecular formula is C13H17NO3. The average molecular weight is 235 g/mol. The van der Waals surface area contributed by atoms with E-state index in [-0.39, 0.29) is 5.91 Å². The van der Waals surface area contributed by atoms with Crippen molar-refractivity contribution < 1.29 is 14.3 Å². The van der Waals surface area contributed by atoms with Crippen LogP contribution < -0.4 is 14.8 Å². The van der Waals surface area contributed by atoms with Gasteiger partial charge in [-0.3, -0.25) is 4.79 Å². The summed E-state index contributed by atoms with van der Waals surface area (Å²) in [5.74, 6) is 1.98. The van der Waals surface area contributed by atoms with Crippen LogP contribution in [0.15, 0.2) is 18.2 Å². The van der Waals surface area contributed by atoms with Gasteiger partial charge in [0.1, 0.15) is 0 Å². The predicted molar refractivity (Wildman–Crippen MR) is 64.5 cm³/mol. The van der Waals surface area contributed by atoms with Crippen LogP contribution in [0, 0.1) is 0 Å². The van der Waals surface area contributed by atoms with E-state index in [1.54, 1.807) is 14.2 Å². The molecule has 1 fully saturated rings. The van der Waals surface area contributed by atoms with Gasteiger partial charge in [0, 0.05) is 18.9 Å². The van der Waals surface area contributed by atoms with Crippen molar-refractivity contribution in [3.05, 3.63) is 23.8 Å². The molecule has 1 aromatic carbocycles. The monoisotopic (exact) mass is 235 g/mol. The van der Waals surface area contributed by atoms with Crippen LogP contribution in [-0.2, 0) is 4.79 Å². The van der Waals surface area contributed by atoms with E-state index in [1.165, 1.54) is 5.56 Å². The smallest absolute Gasteiger partial charge is 0.220 e. The van der Waals surface area contributed by atoms with Gasteiger partial charge in [-0.25, -0.2) is 0 Å². The summed E-state index contributed by atoms with van der Waals surface area (Å²) in [5, 5.41) is 2.89. The highest BCUT2D eigenvalue weighted by molar-refractivity contribution is 5.76. The van der Waals surface area contributed by atoms with Gasteiger partial charge in [-0.1, -0.05) is 6.07 Å². The maximum atomic E-state index is 11.1. The highest BCUT2D eigenvalue weighted by Gasteiger charge is 2.20. The Hall–Kier alpha value is -1.71. The number of piperidine rings is 1. The first kappa shape index (κ1) is 11.8. The SMILES string of the molecule is COc1ccc(C2CCC(=O)NC2)cc1OC. The summed E-state index contributed by atoms with van der Waals surface area (Å²) in [7, 11) is 3.25. The van der Waals surface area contributed by atoms with Crippen molar-refractivity contribution in [2.24, 2.45) is 0 Å². The van der Waals surface area contributed by atoms with Crippen LogP contribution >= 0.6 is 0 Å². The Morgan fingerprint density at radius 2 is 2.00 bits per heavy atom. The number of ether oxygens (including phenoxy) is 2. The van der Waals surface area contributed by atoms with Crippen LogP contribution in [-0.4, -0.2) is 26.7 Å². The first-order valence-electron chi connectivity index (χ1n) is 5.73. The molecule has 0 aromatic heterocycles. The van der Waals surface area contributed by atoms with Gasteiger partial charge in [0.25, 0.3) is 0 Å². The van der Waals surface area contributed by atoms with Crippen molar-refractivity contribution in [3.63, 3.8) is 0 Å². The molecule has 0 aliphatic carbocycles. The van der Waals surface area contributed by atoms with Crippen LogP contribution in [0.3, 0.4) is 0 Å². The minimum absolute atomic E-state index is 0.140. The number of hydrogen-bond donors (Lipinski definition) is 1. The lowest BCUT2D eigenvalue weighted by molar-refractivity contribution is -0.122. The molecule has 1 saturated heterocycles. The molecular weight excluding hydrogens is 218 g/mol. The molecule has 1 atom stereocenters. The molecule has 1 aliphatic heterocycles. The number of carbonyl (C=O) groups excluding carboxylic acids is 1. The van der Waals surface area contributed by atoms with Crippen molar-refractivity contribution in [2.45, 2.75) is 18.8 Å². The number of nitrogens with one attached hydrogen (secondary N) is 1. The maximum absolute atomic E-state index is 11.1.